The van der Waals surface area contributed by atoms with Crippen molar-refractivity contribution in [2.45, 2.75) is 31.8 Å². The number of nitrogens with two attached hydrogens (primary N) is 1. The second-order valence-electron chi connectivity index (χ2n) is 5.25. The van der Waals surface area contributed by atoms with E-state index in [1.165, 1.54) is 0 Å². The second-order valence-corrected chi connectivity index (χ2v) is 5.66. The Kier molecular flexibility index (Phi) is 6.11. The molecule has 0 fully saturated rings. The lowest BCUT2D eigenvalue weighted by Crippen LogP contribution is -2.35. The van der Waals surface area contributed by atoms with Crippen LogP contribution in [0.15, 0.2) is 12.1 Å². The van der Waals surface area contributed by atoms with Crippen LogP contribution in [-0.2, 0) is 0 Å². The molecule has 5 nitrogen and oxygen atoms in total. The monoisotopic (exact) mass is 314 g/mol. The standard InChI is InChI=1S/C15H23ClN2O3/c1-10(3-2-4-19)18-13(9-17)11-7-12(16)15-14(8-11)20-5-6-21-15/h7-8,10,13,18-19H,2-6,9,17H2,1H3. The van der Waals surface area contributed by atoms with Crippen molar-refractivity contribution in [2.75, 3.05) is 26.4 Å². The molecule has 0 aromatic heterocycles. The molecule has 2 atom stereocenters. The number of aliphatic hydroxyl groups is 1. The van der Waals surface area contributed by atoms with Crippen molar-refractivity contribution in [1.82, 2.24) is 5.32 Å². The van der Waals surface area contributed by atoms with Gasteiger partial charge in [-0.25, -0.2) is 0 Å². The van der Waals surface area contributed by atoms with Crippen LogP contribution >= 0.6 is 11.6 Å². The fraction of sp³-hybridized carbons (Fsp3) is 0.600. The number of nitrogens with one attached hydrogen (secondary N) is 1. The molecule has 4 N–H and O–H groups in total. The molecular weight excluding hydrogens is 292 g/mol. The fourth-order valence-electron chi connectivity index (χ4n) is 2.46. The maximum absolute atomic E-state index is 8.89. The van der Waals surface area contributed by atoms with Gasteiger partial charge >= 0.3 is 0 Å². The summed E-state index contributed by atoms with van der Waals surface area (Å²) in [4.78, 5) is 0. The van der Waals surface area contributed by atoms with E-state index in [1.54, 1.807) is 0 Å². The molecule has 0 saturated carbocycles. The van der Waals surface area contributed by atoms with Crippen LogP contribution in [0.1, 0.15) is 31.4 Å². The van der Waals surface area contributed by atoms with Gasteiger partial charge in [-0.3, -0.25) is 0 Å². The van der Waals surface area contributed by atoms with Crippen LogP contribution in [0, 0.1) is 0 Å². The Morgan fingerprint density at radius 3 is 2.86 bits per heavy atom. The van der Waals surface area contributed by atoms with Crippen LogP contribution in [0.2, 0.25) is 5.02 Å². The van der Waals surface area contributed by atoms with Crippen LogP contribution < -0.4 is 20.5 Å². The molecule has 0 amide bonds. The third-order valence-corrected chi connectivity index (χ3v) is 3.82. The van der Waals surface area contributed by atoms with Gasteiger partial charge in [-0.15, -0.1) is 0 Å². The van der Waals surface area contributed by atoms with Crippen molar-refractivity contribution < 1.29 is 14.6 Å². The molecule has 2 rings (SSSR count). The molecule has 1 aliphatic heterocycles. The van der Waals surface area contributed by atoms with Crippen LogP contribution in [0.5, 0.6) is 11.5 Å². The largest absolute Gasteiger partial charge is 0.486 e. The summed E-state index contributed by atoms with van der Waals surface area (Å²) in [6.45, 7) is 3.79. The number of halogens is 1. The van der Waals surface area contributed by atoms with E-state index in [0.717, 1.165) is 18.4 Å². The third-order valence-electron chi connectivity index (χ3n) is 3.54. The van der Waals surface area contributed by atoms with E-state index in [0.29, 0.717) is 36.3 Å². The van der Waals surface area contributed by atoms with E-state index >= 15 is 0 Å². The van der Waals surface area contributed by atoms with Gasteiger partial charge in [-0.2, -0.15) is 0 Å². The molecule has 1 aromatic carbocycles. The fourth-order valence-corrected chi connectivity index (χ4v) is 2.73. The van der Waals surface area contributed by atoms with Gasteiger partial charge < -0.3 is 25.6 Å². The molecule has 0 radical (unpaired) electrons. The highest BCUT2D eigenvalue weighted by Crippen LogP contribution is 2.39. The molecule has 1 aliphatic rings. The minimum Gasteiger partial charge on any atom is -0.486 e. The smallest absolute Gasteiger partial charge is 0.179 e. The van der Waals surface area contributed by atoms with Gasteiger partial charge in [-0.1, -0.05) is 11.6 Å². The summed E-state index contributed by atoms with van der Waals surface area (Å²) in [7, 11) is 0. The molecule has 1 aromatic rings. The summed E-state index contributed by atoms with van der Waals surface area (Å²) >= 11 is 6.26. The van der Waals surface area contributed by atoms with Gasteiger partial charge in [0.2, 0.25) is 0 Å². The summed E-state index contributed by atoms with van der Waals surface area (Å²) in [6, 6.07) is 4.06. The van der Waals surface area contributed by atoms with Gasteiger partial charge in [0.25, 0.3) is 0 Å². The lowest BCUT2D eigenvalue weighted by atomic mass is 10.0. The van der Waals surface area contributed by atoms with Crippen LogP contribution in [0.4, 0.5) is 0 Å². The summed E-state index contributed by atoms with van der Waals surface area (Å²) < 4.78 is 11.1. The summed E-state index contributed by atoms with van der Waals surface area (Å²) in [5.74, 6) is 1.28. The zero-order chi connectivity index (χ0) is 15.2. The van der Waals surface area contributed by atoms with E-state index in [2.05, 4.69) is 12.2 Å². The van der Waals surface area contributed by atoms with Gasteiger partial charge in [0, 0.05) is 25.2 Å². The first-order valence-corrected chi connectivity index (χ1v) is 7.69. The van der Waals surface area contributed by atoms with E-state index < -0.39 is 0 Å². The summed E-state index contributed by atoms with van der Waals surface area (Å²) in [5, 5.41) is 12.9. The van der Waals surface area contributed by atoms with Crippen molar-refractivity contribution in [3.05, 3.63) is 22.7 Å². The zero-order valence-electron chi connectivity index (χ0n) is 12.3. The van der Waals surface area contributed by atoms with E-state index in [-0.39, 0.29) is 18.7 Å². The molecule has 0 saturated heterocycles. The SMILES string of the molecule is CC(CCCO)NC(CN)c1cc(Cl)c2c(c1)OCCO2. The maximum atomic E-state index is 8.89. The number of aliphatic hydroxyl groups excluding tert-OH is 1. The lowest BCUT2D eigenvalue weighted by molar-refractivity contribution is 0.171. The van der Waals surface area contributed by atoms with Crippen molar-refractivity contribution >= 4 is 11.6 Å². The molecule has 0 bridgehead atoms. The average Bonchev–Trinajstić information content (AvgIpc) is 2.50. The van der Waals surface area contributed by atoms with Gasteiger partial charge in [-0.05, 0) is 37.5 Å². The molecule has 2 unspecified atom stereocenters. The maximum Gasteiger partial charge on any atom is 0.179 e. The van der Waals surface area contributed by atoms with Crippen LogP contribution in [-0.4, -0.2) is 37.5 Å². The van der Waals surface area contributed by atoms with E-state index in [9.17, 15) is 0 Å². The predicted octanol–water partition coefficient (Wildman–Crippen LogP) is 1.86. The van der Waals surface area contributed by atoms with Crippen LogP contribution in [0.3, 0.4) is 0 Å². The summed E-state index contributed by atoms with van der Waals surface area (Å²) in [5.41, 5.74) is 6.87. The molecule has 0 spiro atoms. The number of rotatable bonds is 7. The average molecular weight is 315 g/mol. The quantitative estimate of drug-likeness (QED) is 0.716. The number of hydrogen-bond donors (Lipinski definition) is 3. The number of fused-ring (bicyclic) bond motifs is 1. The Hall–Kier alpha value is -1.01. The summed E-state index contributed by atoms with van der Waals surface area (Å²) in [6.07, 6.45) is 1.67. The highest BCUT2D eigenvalue weighted by molar-refractivity contribution is 6.32. The van der Waals surface area contributed by atoms with E-state index in [4.69, 9.17) is 31.9 Å². The number of benzene rings is 1. The highest BCUT2D eigenvalue weighted by Gasteiger charge is 2.20. The topological polar surface area (TPSA) is 76.7 Å². The van der Waals surface area contributed by atoms with Gasteiger partial charge in [0.15, 0.2) is 11.5 Å². The molecule has 21 heavy (non-hydrogen) atoms. The van der Waals surface area contributed by atoms with E-state index in [1.807, 2.05) is 12.1 Å². The molecule has 6 heteroatoms. The minimum absolute atomic E-state index is 0.00739. The Morgan fingerprint density at radius 1 is 1.38 bits per heavy atom. The molecule has 118 valence electrons. The van der Waals surface area contributed by atoms with Crippen LogP contribution in [0.25, 0.3) is 0 Å². The third kappa shape index (κ3) is 4.23. The lowest BCUT2D eigenvalue weighted by Gasteiger charge is -2.25. The Morgan fingerprint density at radius 2 is 2.14 bits per heavy atom. The molecular formula is C15H23ClN2O3. The number of ether oxygens (including phenoxy) is 2. The minimum atomic E-state index is -0.00739. The first-order chi connectivity index (χ1) is 10.2. The Bertz CT molecular complexity index is 470. The van der Waals surface area contributed by atoms with Crippen molar-refractivity contribution in [2.24, 2.45) is 5.73 Å². The molecule has 0 aliphatic carbocycles. The zero-order valence-corrected chi connectivity index (χ0v) is 13.0. The van der Waals surface area contributed by atoms with Crippen molar-refractivity contribution in [3.63, 3.8) is 0 Å². The normalized spacial score (nSPS) is 16.6. The molecule has 1 heterocycles. The highest BCUT2D eigenvalue weighted by atomic mass is 35.5. The first-order valence-electron chi connectivity index (χ1n) is 7.31. The van der Waals surface area contributed by atoms with Gasteiger partial charge in [0.1, 0.15) is 13.2 Å². The first kappa shape index (κ1) is 16.4. The Labute approximate surface area is 130 Å². The predicted molar refractivity (Wildman–Crippen MR) is 83.2 cm³/mol. The van der Waals surface area contributed by atoms with Crippen molar-refractivity contribution in [3.8, 4) is 11.5 Å². The van der Waals surface area contributed by atoms with Crippen molar-refractivity contribution in [1.29, 1.82) is 0 Å². The van der Waals surface area contributed by atoms with Gasteiger partial charge in [0.05, 0.1) is 5.02 Å². The number of hydrogen-bond acceptors (Lipinski definition) is 5. The second kappa shape index (κ2) is 7.84. The Balaban J connectivity index is 2.12.